The molecule has 0 N–H and O–H groups in total. The average Bonchev–Trinajstić information content (AvgIpc) is 2.79. The van der Waals surface area contributed by atoms with Gasteiger partial charge in [-0.15, -0.1) is 0 Å². The second-order valence-electron chi connectivity index (χ2n) is 5.70. The molecule has 3 fully saturated rings. The third-order valence-electron chi connectivity index (χ3n) is 4.51. The van der Waals surface area contributed by atoms with Crippen molar-refractivity contribution in [3.63, 3.8) is 0 Å². The fraction of sp³-hybridized carbons (Fsp3) is 0.909. The van der Waals surface area contributed by atoms with Gasteiger partial charge in [-0.2, -0.15) is 17.2 Å². The van der Waals surface area contributed by atoms with Crippen LogP contribution in [-0.4, -0.2) is 37.8 Å². The molecular weight excluding hydrogens is 282 g/mol. The molecule has 6 unspecified atom stereocenters. The number of hydrogen-bond donors (Lipinski definition) is 0. The SMILES string of the molecule is CC1C2CC3C(OS(=O)(=O)C13)C2OC(=O)C(C)(F)F. The summed E-state index contributed by atoms with van der Waals surface area (Å²) in [6.07, 6.45) is -1.13. The highest BCUT2D eigenvalue weighted by molar-refractivity contribution is 7.87. The summed E-state index contributed by atoms with van der Waals surface area (Å²) in [4.78, 5) is 11.3. The lowest BCUT2D eigenvalue weighted by Crippen LogP contribution is -2.43. The lowest BCUT2D eigenvalue weighted by Gasteiger charge is -2.29. The van der Waals surface area contributed by atoms with E-state index in [1.165, 1.54) is 0 Å². The van der Waals surface area contributed by atoms with Gasteiger partial charge in [0.15, 0.2) is 0 Å². The molecular formula is C11H14F2O5S. The fourth-order valence-electron chi connectivity index (χ4n) is 3.74. The molecule has 2 aliphatic carbocycles. The van der Waals surface area contributed by atoms with Crippen molar-refractivity contribution < 1.29 is 30.9 Å². The monoisotopic (exact) mass is 296 g/mol. The van der Waals surface area contributed by atoms with Gasteiger partial charge in [-0.1, -0.05) is 6.92 Å². The van der Waals surface area contributed by atoms with Crippen molar-refractivity contribution >= 4 is 16.1 Å². The molecule has 1 aliphatic heterocycles. The van der Waals surface area contributed by atoms with Crippen molar-refractivity contribution in [3.05, 3.63) is 0 Å². The zero-order valence-corrected chi connectivity index (χ0v) is 11.2. The summed E-state index contributed by atoms with van der Waals surface area (Å²) in [7, 11) is -3.66. The van der Waals surface area contributed by atoms with Crippen LogP contribution in [0.2, 0.25) is 0 Å². The number of hydrogen-bond acceptors (Lipinski definition) is 5. The second kappa shape index (κ2) is 3.66. The van der Waals surface area contributed by atoms with E-state index in [1.54, 1.807) is 6.92 Å². The van der Waals surface area contributed by atoms with Gasteiger partial charge in [0.1, 0.15) is 12.2 Å². The molecule has 0 radical (unpaired) electrons. The summed E-state index contributed by atoms with van der Waals surface area (Å²) >= 11 is 0. The van der Waals surface area contributed by atoms with E-state index in [9.17, 15) is 22.0 Å². The van der Waals surface area contributed by atoms with E-state index in [1.807, 2.05) is 0 Å². The average molecular weight is 296 g/mol. The number of rotatable bonds is 2. The number of esters is 1. The van der Waals surface area contributed by atoms with Crippen LogP contribution < -0.4 is 0 Å². The van der Waals surface area contributed by atoms with Crippen LogP contribution in [0, 0.1) is 17.8 Å². The van der Waals surface area contributed by atoms with Gasteiger partial charge in [-0.3, -0.25) is 4.18 Å². The number of halogens is 2. The normalized spacial score (nSPS) is 46.5. The Kier molecular flexibility index (Phi) is 2.55. The molecule has 19 heavy (non-hydrogen) atoms. The smallest absolute Gasteiger partial charge is 0.377 e. The predicted molar refractivity (Wildman–Crippen MR) is 58.8 cm³/mol. The Balaban J connectivity index is 1.86. The molecule has 108 valence electrons. The molecule has 1 saturated heterocycles. The molecule has 3 aliphatic rings. The van der Waals surface area contributed by atoms with E-state index in [0.717, 1.165) is 0 Å². The maximum Gasteiger partial charge on any atom is 0.377 e. The fourth-order valence-corrected chi connectivity index (χ4v) is 5.85. The highest BCUT2D eigenvalue weighted by atomic mass is 32.2. The van der Waals surface area contributed by atoms with E-state index in [2.05, 4.69) is 0 Å². The molecule has 0 amide bonds. The molecule has 0 aromatic heterocycles. The Hall–Kier alpha value is -0.760. The van der Waals surface area contributed by atoms with Gasteiger partial charge in [0.05, 0.1) is 5.25 Å². The molecule has 2 bridgehead atoms. The molecule has 0 spiro atoms. The number of fused-ring (bicyclic) bond motifs is 1. The van der Waals surface area contributed by atoms with E-state index >= 15 is 0 Å². The number of alkyl halides is 2. The molecule has 0 aromatic rings. The summed E-state index contributed by atoms with van der Waals surface area (Å²) in [6.45, 7) is 2.20. The Morgan fingerprint density at radius 1 is 1.37 bits per heavy atom. The minimum absolute atomic E-state index is 0.219. The van der Waals surface area contributed by atoms with E-state index in [4.69, 9.17) is 8.92 Å². The largest absolute Gasteiger partial charge is 0.455 e. The maximum atomic E-state index is 12.9. The van der Waals surface area contributed by atoms with E-state index in [0.29, 0.717) is 13.3 Å². The van der Waals surface area contributed by atoms with Gasteiger partial charge >= 0.3 is 11.9 Å². The minimum atomic E-state index is -3.66. The number of ether oxygens (including phenoxy) is 1. The summed E-state index contributed by atoms with van der Waals surface area (Å²) in [5, 5.41) is -0.584. The van der Waals surface area contributed by atoms with Crippen LogP contribution >= 0.6 is 0 Å². The van der Waals surface area contributed by atoms with Crippen molar-refractivity contribution in [2.24, 2.45) is 17.8 Å². The van der Waals surface area contributed by atoms with Crippen LogP contribution in [0.5, 0.6) is 0 Å². The molecule has 0 aromatic carbocycles. The summed E-state index contributed by atoms with van der Waals surface area (Å²) in [5.74, 6) is -5.90. The van der Waals surface area contributed by atoms with Crippen molar-refractivity contribution in [1.29, 1.82) is 0 Å². The van der Waals surface area contributed by atoms with Gasteiger partial charge in [0.25, 0.3) is 10.1 Å². The van der Waals surface area contributed by atoms with Crippen LogP contribution in [0.25, 0.3) is 0 Å². The predicted octanol–water partition coefficient (Wildman–Crippen LogP) is 0.936. The van der Waals surface area contributed by atoms with E-state index < -0.39 is 39.5 Å². The second-order valence-corrected chi connectivity index (χ2v) is 7.42. The van der Waals surface area contributed by atoms with Crippen molar-refractivity contribution in [1.82, 2.24) is 0 Å². The van der Waals surface area contributed by atoms with Crippen LogP contribution in [-0.2, 0) is 23.8 Å². The Morgan fingerprint density at radius 3 is 2.58 bits per heavy atom. The molecule has 2 saturated carbocycles. The zero-order chi connectivity index (χ0) is 14.2. The van der Waals surface area contributed by atoms with Crippen LogP contribution in [0.15, 0.2) is 0 Å². The van der Waals surface area contributed by atoms with Crippen LogP contribution in [0.4, 0.5) is 8.78 Å². The number of carbonyl (C=O) groups is 1. The zero-order valence-electron chi connectivity index (χ0n) is 10.4. The maximum absolute atomic E-state index is 12.9. The summed E-state index contributed by atoms with van der Waals surface area (Å²) in [5.41, 5.74) is 0. The first-order chi connectivity index (χ1) is 8.63. The Bertz CT molecular complexity index is 526. The lowest BCUT2D eigenvalue weighted by molar-refractivity contribution is -0.182. The topological polar surface area (TPSA) is 69.7 Å². The Morgan fingerprint density at radius 2 is 2.00 bits per heavy atom. The summed E-state index contributed by atoms with van der Waals surface area (Å²) < 4.78 is 59.2. The van der Waals surface area contributed by atoms with Crippen molar-refractivity contribution in [2.45, 2.75) is 43.6 Å². The van der Waals surface area contributed by atoms with Gasteiger partial charge in [0.2, 0.25) is 0 Å². The van der Waals surface area contributed by atoms with Gasteiger partial charge in [-0.05, 0) is 12.3 Å². The minimum Gasteiger partial charge on any atom is -0.455 e. The number of carbonyl (C=O) groups excluding carboxylic acids is 1. The quantitative estimate of drug-likeness (QED) is 0.560. The highest BCUT2D eigenvalue weighted by Gasteiger charge is 2.68. The van der Waals surface area contributed by atoms with Crippen molar-refractivity contribution in [2.75, 3.05) is 0 Å². The molecule has 3 rings (SSSR count). The van der Waals surface area contributed by atoms with Crippen LogP contribution in [0.3, 0.4) is 0 Å². The molecule has 5 nitrogen and oxygen atoms in total. The van der Waals surface area contributed by atoms with Gasteiger partial charge < -0.3 is 4.74 Å². The molecule has 8 heteroatoms. The summed E-state index contributed by atoms with van der Waals surface area (Å²) in [6, 6.07) is 0. The molecule has 6 atom stereocenters. The Labute approximate surface area is 109 Å². The third-order valence-corrected chi connectivity index (χ3v) is 6.44. The van der Waals surface area contributed by atoms with Crippen LogP contribution in [0.1, 0.15) is 20.3 Å². The third kappa shape index (κ3) is 1.72. The van der Waals surface area contributed by atoms with Gasteiger partial charge in [-0.25, -0.2) is 4.79 Å². The highest BCUT2D eigenvalue weighted by Crippen LogP contribution is 2.58. The lowest BCUT2D eigenvalue weighted by atomic mass is 9.86. The standard InChI is InChI=1S/C11H14F2O5S/c1-4-5-3-6-8(18-19(15,16)9(4)6)7(5)17-10(14)11(2,12)13/h4-9H,3H2,1-2H3. The van der Waals surface area contributed by atoms with Gasteiger partial charge in [0, 0.05) is 18.8 Å². The first-order valence-electron chi connectivity index (χ1n) is 6.14. The first kappa shape index (κ1) is 13.2. The molecule has 1 heterocycles. The van der Waals surface area contributed by atoms with Crippen molar-refractivity contribution in [3.8, 4) is 0 Å². The van der Waals surface area contributed by atoms with E-state index in [-0.39, 0.29) is 17.8 Å². The first-order valence-corrected chi connectivity index (χ1v) is 7.61.